The second kappa shape index (κ2) is 8.91. The molecule has 1 aromatic carbocycles. The van der Waals surface area contributed by atoms with Crippen LogP contribution < -0.4 is 15.4 Å². The summed E-state index contributed by atoms with van der Waals surface area (Å²) < 4.78 is 18.2. The van der Waals surface area contributed by atoms with Crippen molar-refractivity contribution in [2.24, 2.45) is 0 Å². The van der Waals surface area contributed by atoms with Gasteiger partial charge in [0.05, 0.1) is 18.7 Å². The lowest BCUT2D eigenvalue weighted by Gasteiger charge is -2.07. The average molecular weight is 372 g/mol. The van der Waals surface area contributed by atoms with Gasteiger partial charge in [0.1, 0.15) is 24.0 Å². The van der Waals surface area contributed by atoms with Gasteiger partial charge in [0.25, 0.3) is 0 Å². The standard InChI is InChI=1S/C18H17FN4O2S/c19-13-4-6-15(7-5-13)25-10-9-21-17(24)11-14-12-26-18(22-14)23-16-3-1-2-8-20-16/h1-8,12H,9-11H2,(H,21,24)(H,20,22,23). The van der Waals surface area contributed by atoms with Gasteiger partial charge >= 0.3 is 0 Å². The molecular formula is C18H17FN4O2S. The Balaban J connectivity index is 1.39. The highest BCUT2D eigenvalue weighted by Crippen LogP contribution is 2.19. The maximum absolute atomic E-state index is 12.8. The largest absolute Gasteiger partial charge is 0.492 e. The third-order valence-corrected chi connectivity index (χ3v) is 4.11. The molecule has 0 aliphatic rings. The Bertz CT molecular complexity index is 840. The number of benzene rings is 1. The van der Waals surface area contributed by atoms with Crippen molar-refractivity contribution in [2.45, 2.75) is 6.42 Å². The average Bonchev–Trinajstić information content (AvgIpc) is 3.08. The van der Waals surface area contributed by atoms with E-state index in [1.807, 2.05) is 23.6 Å². The summed E-state index contributed by atoms with van der Waals surface area (Å²) in [5.41, 5.74) is 0.686. The van der Waals surface area contributed by atoms with Crippen LogP contribution in [0.3, 0.4) is 0 Å². The summed E-state index contributed by atoms with van der Waals surface area (Å²) in [7, 11) is 0. The zero-order valence-corrected chi connectivity index (χ0v) is 14.6. The normalized spacial score (nSPS) is 10.3. The summed E-state index contributed by atoms with van der Waals surface area (Å²) >= 11 is 1.42. The summed E-state index contributed by atoms with van der Waals surface area (Å²) in [5, 5.41) is 8.37. The van der Waals surface area contributed by atoms with Crippen LogP contribution in [0.1, 0.15) is 5.69 Å². The lowest BCUT2D eigenvalue weighted by Crippen LogP contribution is -2.29. The van der Waals surface area contributed by atoms with Crippen molar-refractivity contribution < 1.29 is 13.9 Å². The zero-order valence-electron chi connectivity index (χ0n) is 13.8. The molecule has 3 rings (SSSR count). The lowest BCUT2D eigenvalue weighted by molar-refractivity contribution is -0.120. The highest BCUT2D eigenvalue weighted by atomic mass is 32.1. The van der Waals surface area contributed by atoms with Crippen LogP contribution in [0.15, 0.2) is 54.0 Å². The van der Waals surface area contributed by atoms with E-state index in [2.05, 4.69) is 20.6 Å². The topological polar surface area (TPSA) is 76.1 Å². The third-order valence-electron chi connectivity index (χ3n) is 3.30. The maximum atomic E-state index is 12.8. The first-order chi connectivity index (χ1) is 12.7. The molecule has 0 radical (unpaired) electrons. The van der Waals surface area contributed by atoms with E-state index < -0.39 is 0 Å². The van der Waals surface area contributed by atoms with Crippen LogP contribution in [0.25, 0.3) is 0 Å². The summed E-state index contributed by atoms with van der Waals surface area (Å²) in [6.07, 6.45) is 1.88. The van der Waals surface area contributed by atoms with Gasteiger partial charge in [0.2, 0.25) is 5.91 Å². The summed E-state index contributed by atoms with van der Waals surface area (Å²) in [6, 6.07) is 11.3. The van der Waals surface area contributed by atoms with E-state index in [0.29, 0.717) is 35.5 Å². The molecule has 6 nitrogen and oxygen atoms in total. The van der Waals surface area contributed by atoms with Crippen molar-refractivity contribution in [3.63, 3.8) is 0 Å². The first kappa shape index (κ1) is 17.8. The quantitative estimate of drug-likeness (QED) is 0.594. The van der Waals surface area contributed by atoms with Gasteiger partial charge in [-0.3, -0.25) is 4.79 Å². The Labute approximate surface area is 154 Å². The number of nitrogens with zero attached hydrogens (tertiary/aromatic N) is 2. The van der Waals surface area contributed by atoms with Gasteiger partial charge in [0, 0.05) is 11.6 Å². The highest BCUT2D eigenvalue weighted by molar-refractivity contribution is 7.13. The van der Waals surface area contributed by atoms with E-state index in [0.717, 1.165) is 0 Å². The van der Waals surface area contributed by atoms with Gasteiger partial charge in [-0.1, -0.05) is 6.07 Å². The number of anilines is 2. The Kier molecular flexibility index (Phi) is 6.10. The fourth-order valence-corrected chi connectivity index (χ4v) is 2.83. The minimum absolute atomic E-state index is 0.137. The van der Waals surface area contributed by atoms with Crippen LogP contribution in [0.4, 0.5) is 15.3 Å². The minimum atomic E-state index is -0.314. The van der Waals surface area contributed by atoms with Crippen LogP contribution in [0, 0.1) is 5.82 Å². The summed E-state index contributed by atoms with van der Waals surface area (Å²) in [4.78, 5) is 20.5. The first-order valence-electron chi connectivity index (χ1n) is 7.96. The highest BCUT2D eigenvalue weighted by Gasteiger charge is 2.08. The molecule has 2 N–H and O–H groups in total. The van der Waals surface area contributed by atoms with Crippen LogP contribution >= 0.6 is 11.3 Å². The Hall–Kier alpha value is -3.00. The Morgan fingerprint density at radius 1 is 1.19 bits per heavy atom. The van der Waals surface area contributed by atoms with Gasteiger partial charge in [-0.15, -0.1) is 11.3 Å². The molecule has 0 unspecified atom stereocenters. The molecule has 2 heterocycles. The van der Waals surface area contributed by atoms with E-state index in [1.165, 1.54) is 23.5 Å². The van der Waals surface area contributed by atoms with E-state index in [1.54, 1.807) is 18.3 Å². The van der Waals surface area contributed by atoms with Gasteiger partial charge in [-0.05, 0) is 36.4 Å². The number of thiazole rings is 1. The van der Waals surface area contributed by atoms with Crippen molar-refractivity contribution >= 4 is 28.2 Å². The van der Waals surface area contributed by atoms with E-state index >= 15 is 0 Å². The molecule has 26 heavy (non-hydrogen) atoms. The number of hydrogen-bond acceptors (Lipinski definition) is 6. The van der Waals surface area contributed by atoms with E-state index in [-0.39, 0.29) is 18.1 Å². The molecule has 0 aliphatic heterocycles. The molecule has 0 atom stereocenters. The van der Waals surface area contributed by atoms with Crippen LogP contribution in [-0.4, -0.2) is 29.0 Å². The van der Waals surface area contributed by atoms with Crippen LogP contribution in [0.2, 0.25) is 0 Å². The number of pyridine rings is 1. The fourth-order valence-electron chi connectivity index (χ4n) is 2.11. The van der Waals surface area contributed by atoms with Crippen molar-refractivity contribution in [1.29, 1.82) is 0 Å². The molecule has 1 amide bonds. The molecule has 134 valence electrons. The van der Waals surface area contributed by atoms with Gasteiger partial charge < -0.3 is 15.4 Å². The van der Waals surface area contributed by atoms with Crippen LogP contribution in [-0.2, 0) is 11.2 Å². The molecule has 0 saturated heterocycles. The Morgan fingerprint density at radius 2 is 2.04 bits per heavy atom. The molecule has 8 heteroatoms. The molecule has 3 aromatic rings. The molecule has 0 saturated carbocycles. The van der Waals surface area contributed by atoms with Crippen molar-refractivity contribution in [1.82, 2.24) is 15.3 Å². The number of carbonyl (C=O) groups is 1. The number of carbonyl (C=O) groups excluding carboxylic acids is 1. The van der Waals surface area contributed by atoms with E-state index in [4.69, 9.17) is 4.74 Å². The van der Waals surface area contributed by atoms with E-state index in [9.17, 15) is 9.18 Å². The molecule has 2 aromatic heterocycles. The number of amides is 1. The van der Waals surface area contributed by atoms with Crippen LogP contribution in [0.5, 0.6) is 5.75 Å². The number of nitrogens with one attached hydrogen (secondary N) is 2. The van der Waals surface area contributed by atoms with Gasteiger partial charge in [0.15, 0.2) is 5.13 Å². The van der Waals surface area contributed by atoms with Gasteiger partial charge in [-0.2, -0.15) is 0 Å². The Morgan fingerprint density at radius 3 is 2.81 bits per heavy atom. The van der Waals surface area contributed by atoms with Crippen molar-refractivity contribution in [3.8, 4) is 5.75 Å². The number of hydrogen-bond donors (Lipinski definition) is 2. The molecular weight excluding hydrogens is 355 g/mol. The molecule has 0 fully saturated rings. The molecule has 0 spiro atoms. The van der Waals surface area contributed by atoms with Crippen molar-refractivity contribution in [3.05, 3.63) is 65.6 Å². The predicted octanol–water partition coefficient (Wildman–Crippen LogP) is 3.16. The minimum Gasteiger partial charge on any atom is -0.492 e. The second-order valence-electron chi connectivity index (χ2n) is 5.31. The SMILES string of the molecule is O=C(Cc1csc(Nc2ccccn2)n1)NCCOc1ccc(F)cc1. The second-order valence-corrected chi connectivity index (χ2v) is 6.17. The smallest absolute Gasteiger partial charge is 0.226 e. The maximum Gasteiger partial charge on any atom is 0.226 e. The first-order valence-corrected chi connectivity index (χ1v) is 8.84. The number of halogens is 1. The number of aromatic nitrogens is 2. The zero-order chi connectivity index (χ0) is 18.2. The number of rotatable bonds is 8. The predicted molar refractivity (Wildman–Crippen MR) is 98.2 cm³/mol. The van der Waals surface area contributed by atoms with Gasteiger partial charge in [-0.25, -0.2) is 14.4 Å². The fraction of sp³-hybridized carbons (Fsp3) is 0.167. The molecule has 0 bridgehead atoms. The molecule has 0 aliphatic carbocycles. The third kappa shape index (κ3) is 5.52. The van der Waals surface area contributed by atoms with Crippen molar-refractivity contribution in [2.75, 3.05) is 18.5 Å². The summed E-state index contributed by atoms with van der Waals surface area (Å²) in [6.45, 7) is 0.667. The monoisotopic (exact) mass is 372 g/mol. The number of ether oxygens (including phenoxy) is 1. The summed E-state index contributed by atoms with van der Waals surface area (Å²) in [5.74, 6) is 0.814. The lowest BCUT2D eigenvalue weighted by atomic mass is 10.3.